The van der Waals surface area contributed by atoms with Crippen LogP contribution in [0.2, 0.25) is 0 Å². The number of nitrogens with one attached hydrogen (secondary N) is 2. The molecule has 0 aromatic rings. The van der Waals surface area contributed by atoms with Gasteiger partial charge in [-0.1, -0.05) is 11.6 Å². The van der Waals surface area contributed by atoms with Crippen molar-refractivity contribution in [3.8, 4) is 0 Å². The maximum Gasteiger partial charge on any atom is 0.191 e. The molecule has 0 bridgehead atoms. The lowest BCUT2D eigenvalue weighted by Crippen LogP contribution is -2.39. The van der Waals surface area contributed by atoms with Crippen LogP contribution in [-0.2, 0) is 0 Å². The number of likely N-dealkylation sites (tertiary alicyclic amines) is 1. The van der Waals surface area contributed by atoms with Crippen LogP contribution in [0, 0.1) is 5.92 Å². The van der Waals surface area contributed by atoms with E-state index in [0.29, 0.717) is 0 Å². The second kappa shape index (κ2) is 9.88. The topological polar surface area (TPSA) is 39.7 Å². The second-order valence-corrected chi connectivity index (χ2v) is 6.75. The van der Waals surface area contributed by atoms with Gasteiger partial charge in [-0.25, -0.2) is 0 Å². The molecule has 1 saturated heterocycles. The molecule has 2 rings (SSSR count). The zero-order valence-corrected chi connectivity index (χ0v) is 14.5. The minimum absolute atomic E-state index is 0.757. The third kappa shape index (κ3) is 6.39. The van der Waals surface area contributed by atoms with Crippen molar-refractivity contribution in [2.75, 3.05) is 39.8 Å². The smallest absolute Gasteiger partial charge is 0.191 e. The average Bonchev–Trinajstić information content (AvgIpc) is 2.55. The molecule has 4 heteroatoms. The van der Waals surface area contributed by atoms with Gasteiger partial charge >= 0.3 is 0 Å². The molecule has 0 aromatic carbocycles. The van der Waals surface area contributed by atoms with Crippen LogP contribution in [0.5, 0.6) is 0 Å². The van der Waals surface area contributed by atoms with E-state index in [1.54, 1.807) is 5.57 Å². The molecule has 1 fully saturated rings. The molecule has 0 unspecified atom stereocenters. The van der Waals surface area contributed by atoms with Gasteiger partial charge in [-0.3, -0.25) is 4.99 Å². The van der Waals surface area contributed by atoms with Crippen LogP contribution < -0.4 is 10.6 Å². The fourth-order valence-electron chi connectivity index (χ4n) is 3.28. The lowest BCUT2D eigenvalue weighted by Gasteiger charge is -2.28. The number of hydrogen-bond donors (Lipinski definition) is 2. The normalized spacial score (nSPS) is 21.5. The van der Waals surface area contributed by atoms with E-state index in [2.05, 4.69) is 35.6 Å². The summed E-state index contributed by atoms with van der Waals surface area (Å²) in [5.41, 5.74) is 1.63. The number of rotatable bonds is 6. The van der Waals surface area contributed by atoms with Crippen LogP contribution in [0.3, 0.4) is 0 Å². The Morgan fingerprint density at radius 3 is 2.77 bits per heavy atom. The van der Waals surface area contributed by atoms with E-state index in [9.17, 15) is 0 Å². The SMILES string of the molecule is CCNC(=NCC1CCN(C)CC1)NCCC1=CCCCC1. The van der Waals surface area contributed by atoms with Crippen molar-refractivity contribution < 1.29 is 0 Å². The summed E-state index contributed by atoms with van der Waals surface area (Å²) in [5.74, 6) is 1.76. The summed E-state index contributed by atoms with van der Waals surface area (Å²) in [7, 11) is 2.21. The standard InChI is InChI=1S/C18H34N4/c1-3-19-18(20-12-9-16-7-5-4-6-8-16)21-15-17-10-13-22(2)14-11-17/h7,17H,3-6,8-15H2,1-2H3,(H2,19,20,21). The fourth-order valence-corrected chi connectivity index (χ4v) is 3.28. The van der Waals surface area contributed by atoms with Gasteiger partial charge in [0.1, 0.15) is 0 Å². The lowest BCUT2D eigenvalue weighted by molar-refractivity contribution is 0.223. The lowest BCUT2D eigenvalue weighted by atomic mass is 9.97. The molecule has 0 spiro atoms. The van der Waals surface area contributed by atoms with E-state index >= 15 is 0 Å². The van der Waals surface area contributed by atoms with Crippen LogP contribution in [-0.4, -0.2) is 50.6 Å². The van der Waals surface area contributed by atoms with E-state index in [1.165, 1.54) is 58.0 Å². The molecule has 0 amide bonds. The van der Waals surface area contributed by atoms with E-state index in [1.807, 2.05) is 0 Å². The van der Waals surface area contributed by atoms with Gasteiger partial charge in [-0.15, -0.1) is 0 Å². The molecule has 1 aliphatic carbocycles. The number of piperidine rings is 1. The van der Waals surface area contributed by atoms with Gasteiger partial charge in [-0.2, -0.15) is 0 Å². The fraction of sp³-hybridized carbons (Fsp3) is 0.833. The maximum atomic E-state index is 4.80. The Hall–Kier alpha value is -1.03. The molecule has 126 valence electrons. The summed E-state index contributed by atoms with van der Waals surface area (Å²) in [5, 5.41) is 6.88. The molecular formula is C18H34N4. The molecule has 4 nitrogen and oxygen atoms in total. The quantitative estimate of drug-likeness (QED) is 0.450. The summed E-state index contributed by atoms with van der Waals surface area (Å²) >= 11 is 0. The Morgan fingerprint density at radius 2 is 2.09 bits per heavy atom. The van der Waals surface area contributed by atoms with Gasteiger partial charge in [0, 0.05) is 19.6 Å². The summed E-state index contributed by atoms with van der Waals surface area (Å²) in [4.78, 5) is 7.22. The molecule has 0 aromatic heterocycles. The zero-order chi connectivity index (χ0) is 15.6. The first-order valence-electron chi connectivity index (χ1n) is 9.16. The van der Waals surface area contributed by atoms with Gasteiger partial charge in [0.15, 0.2) is 5.96 Å². The molecule has 2 N–H and O–H groups in total. The van der Waals surface area contributed by atoms with Crippen LogP contribution in [0.15, 0.2) is 16.6 Å². The summed E-state index contributed by atoms with van der Waals surface area (Å²) < 4.78 is 0. The third-order valence-corrected chi connectivity index (χ3v) is 4.81. The van der Waals surface area contributed by atoms with Crippen molar-refractivity contribution >= 4 is 5.96 Å². The summed E-state index contributed by atoms with van der Waals surface area (Å²) in [6.07, 6.45) is 11.5. The number of aliphatic imine (C=N–C) groups is 1. The van der Waals surface area contributed by atoms with Gasteiger partial charge in [-0.05, 0) is 77.9 Å². The van der Waals surface area contributed by atoms with Crippen LogP contribution in [0.4, 0.5) is 0 Å². The number of nitrogens with zero attached hydrogens (tertiary/aromatic N) is 2. The Labute approximate surface area is 136 Å². The number of allylic oxidation sites excluding steroid dienone is 1. The van der Waals surface area contributed by atoms with E-state index in [-0.39, 0.29) is 0 Å². The second-order valence-electron chi connectivity index (χ2n) is 6.75. The van der Waals surface area contributed by atoms with Gasteiger partial charge in [0.25, 0.3) is 0 Å². The molecule has 0 saturated carbocycles. The summed E-state index contributed by atoms with van der Waals surface area (Å²) in [6.45, 7) is 7.48. The molecular weight excluding hydrogens is 272 g/mol. The van der Waals surface area contributed by atoms with Gasteiger partial charge in [0.05, 0.1) is 0 Å². The molecule has 0 atom stereocenters. The highest BCUT2D eigenvalue weighted by Gasteiger charge is 2.16. The monoisotopic (exact) mass is 306 g/mol. The Bertz CT molecular complexity index is 367. The first-order chi connectivity index (χ1) is 10.8. The predicted octanol–water partition coefficient (Wildman–Crippen LogP) is 2.77. The average molecular weight is 306 g/mol. The highest BCUT2D eigenvalue weighted by Crippen LogP contribution is 2.19. The first-order valence-corrected chi connectivity index (χ1v) is 9.16. The molecule has 22 heavy (non-hydrogen) atoms. The molecule has 2 aliphatic rings. The number of guanidine groups is 1. The maximum absolute atomic E-state index is 4.80. The van der Waals surface area contributed by atoms with Gasteiger partial charge < -0.3 is 15.5 Å². The van der Waals surface area contributed by atoms with Crippen molar-refractivity contribution in [2.45, 2.75) is 51.9 Å². The van der Waals surface area contributed by atoms with Crippen LogP contribution >= 0.6 is 0 Å². The van der Waals surface area contributed by atoms with Crippen molar-refractivity contribution in [1.82, 2.24) is 15.5 Å². The van der Waals surface area contributed by atoms with Crippen LogP contribution in [0.1, 0.15) is 51.9 Å². The minimum atomic E-state index is 0.757. The first kappa shape index (κ1) is 17.3. The highest BCUT2D eigenvalue weighted by atomic mass is 15.2. The van der Waals surface area contributed by atoms with E-state index in [0.717, 1.165) is 31.5 Å². The highest BCUT2D eigenvalue weighted by molar-refractivity contribution is 5.79. The van der Waals surface area contributed by atoms with Crippen molar-refractivity contribution in [1.29, 1.82) is 0 Å². The largest absolute Gasteiger partial charge is 0.357 e. The Morgan fingerprint density at radius 1 is 1.27 bits per heavy atom. The minimum Gasteiger partial charge on any atom is -0.357 e. The van der Waals surface area contributed by atoms with Crippen molar-refractivity contribution in [3.05, 3.63) is 11.6 Å². The van der Waals surface area contributed by atoms with E-state index in [4.69, 9.17) is 4.99 Å². The van der Waals surface area contributed by atoms with Crippen LogP contribution in [0.25, 0.3) is 0 Å². The number of hydrogen-bond acceptors (Lipinski definition) is 2. The molecule has 1 aliphatic heterocycles. The Balaban J connectivity index is 1.71. The third-order valence-electron chi connectivity index (χ3n) is 4.81. The zero-order valence-electron chi connectivity index (χ0n) is 14.5. The predicted molar refractivity (Wildman–Crippen MR) is 95.4 cm³/mol. The van der Waals surface area contributed by atoms with Crippen molar-refractivity contribution in [2.24, 2.45) is 10.9 Å². The molecule has 1 heterocycles. The van der Waals surface area contributed by atoms with E-state index < -0.39 is 0 Å². The van der Waals surface area contributed by atoms with Crippen molar-refractivity contribution in [3.63, 3.8) is 0 Å². The molecule has 0 radical (unpaired) electrons. The summed E-state index contributed by atoms with van der Waals surface area (Å²) in [6, 6.07) is 0. The Kier molecular flexibility index (Phi) is 7.78. The van der Waals surface area contributed by atoms with Gasteiger partial charge in [0.2, 0.25) is 0 Å².